The van der Waals surface area contributed by atoms with Crippen LogP contribution in [0.1, 0.15) is 29.5 Å². The molecular weight excluding hydrogens is 196 g/mol. The normalized spacial score (nSPS) is 12.1. The van der Waals surface area contributed by atoms with Gasteiger partial charge in [-0.1, -0.05) is 61.5 Å². The highest BCUT2D eigenvalue weighted by atomic mass is 16.1. The predicted octanol–water partition coefficient (Wildman–Crippen LogP) is 3.30. The molecule has 0 aromatic heterocycles. The smallest absolute Gasteiger partial charge is 0.233 e. The van der Waals surface area contributed by atoms with Gasteiger partial charge >= 0.3 is 0 Å². The maximum absolute atomic E-state index is 10.4. The highest BCUT2D eigenvalue weighted by Crippen LogP contribution is 2.23. The van der Waals surface area contributed by atoms with Crippen molar-refractivity contribution in [1.82, 2.24) is 0 Å². The topological polar surface area (TPSA) is 17.1 Å². The Kier molecular flexibility index (Phi) is 3.16. The SMILES string of the molecule is CC(c1ccccc1)c1ccc([C]=O)cc1. The molecular formula is C15H13O. The Balaban J connectivity index is 2.27. The molecule has 79 valence electrons. The van der Waals surface area contributed by atoms with Crippen molar-refractivity contribution in [3.05, 3.63) is 71.3 Å². The minimum absolute atomic E-state index is 0.349. The zero-order chi connectivity index (χ0) is 11.4. The highest BCUT2D eigenvalue weighted by molar-refractivity contribution is 5.75. The van der Waals surface area contributed by atoms with Crippen molar-refractivity contribution < 1.29 is 4.79 Å². The summed E-state index contributed by atoms with van der Waals surface area (Å²) in [5.74, 6) is 0.349. The molecule has 0 heterocycles. The summed E-state index contributed by atoms with van der Waals surface area (Å²) < 4.78 is 0. The predicted molar refractivity (Wildman–Crippen MR) is 65.2 cm³/mol. The second kappa shape index (κ2) is 4.75. The lowest BCUT2D eigenvalue weighted by molar-refractivity contribution is 0.562. The van der Waals surface area contributed by atoms with E-state index >= 15 is 0 Å². The van der Waals surface area contributed by atoms with Gasteiger partial charge in [-0.2, -0.15) is 0 Å². The van der Waals surface area contributed by atoms with Crippen molar-refractivity contribution in [2.45, 2.75) is 12.8 Å². The molecule has 1 unspecified atom stereocenters. The highest BCUT2D eigenvalue weighted by Gasteiger charge is 2.07. The molecule has 0 saturated carbocycles. The summed E-state index contributed by atoms with van der Waals surface area (Å²) in [5.41, 5.74) is 3.10. The molecule has 0 aliphatic carbocycles. The van der Waals surface area contributed by atoms with Crippen molar-refractivity contribution in [2.24, 2.45) is 0 Å². The van der Waals surface area contributed by atoms with Crippen LogP contribution >= 0.6 is 0 Å². The molecule has 0 N–H and O–H groups in total. The van der Waals surface area contributed by atoms with Crippen LogP contribution < -0.4 is 0 Å². The van der Waals surface area contributed by atoms with Crippen LogP contribution in [0.5, 0.6) is 0 Å². The fraction of sp³-hybridized carbons (Fsp3) is 0.133. The second-order valence-corrected chi connectivity index (χ2v) is 3.86. The average Bonchev–Trinajstić information content (AvgIpc) is 2.39. The van der Waals surface area contributed by atoms with E-state index in [0.717, 1.165) is 0 Å². The number of carbonyl (C=O) groups excluding carboxylic acids is 1. The van der Waals surface area contributed by atoms with Crippen LogP contribution in [0.3, 0.4) is 0 Å². The Morgan fingerprint density at radius 1 is 0.875 bits per heavy atom. The van der Waals surface area contributed by atoms with Gasteiger partial charge in [-0.25, -0.2) is 0 Å². The van der Waals surface area contributed by atoms with Gasteiger partial charge in [-0.15, -0.1) is 0 Å². The van der Waals surface area contributed by atoms with Gasteiger partial charge < -0.3 is 0 Å². The lowest BCUT2D eigenvalue weighted by Crippen LogP contribution is -1.95. The molecule has 1 heteroatoms. The lowest BCUT2D eigenvalue weighted by Gasteiger charge is -2.12. The van der Waals surface area contributed by atoms with E-state index in [1.807, 2.05) is 48.8 Å². The summed E-state index contributed by atoms with van der Waals surface area (Å²) in [5, 5.41) is 0. The first-order valence-corrected chi connectivity index (χ1v) is 5.34. The van der Waals surface area contributed by atoms with Gasteiger partial charge in [0.2, 0.25) is 6.29 Å². The monoisotopic (exact) mass is 209 g/mol. The molecule has 2 aromatic carbocycles. The standard InChI is InChI=1S/C15H13O/c1-12(14-5-3-2-4-6-14)15-9-7-13(11-16)8-10-15/h2-10,12H,1H3. The maximum atomic E-state index is 10.4. The molecule has 0 saturated heterocycles. The van der Waals surface area contributed by atoms with Gasteiger partial charge in [0.1, 0.15) is 0 Å². The molecule has 0 fully saturated rings. The molecule has 1 nitrogen and oxygen atoms in total. The van der Waals surface area contributed by atoms with Crippen LogP contribution in [0.2, 0.25) is 0 Å². The molecule has 1 radical (unpaired) electrons. The summed E-state index contributed by atoms with van der Waals surface area (Å²) in [6, 6.07) is 17.9. The van der Waals surface area contributed by atoms with Crippen LogP contribution in [-0.2, 0) is 4.79 Å². The summed E-state index contributed by atoms with van der Waals surface area (Å²) >= 11 is 0. The Morgan fingerprint density at radius 3 is 2.00 bits per heavy atom. The Labute approximate surface area is 95.7 Å². The number of hydrogen-bond acceptors (Lipinski definition) is 1. The van der Waals surface area contributed by atoms with E-state index in [1.54, 1.807) is 0 Å². The molecule has 16 heavy (non-hydrogen) atoms. The molecule has 0 amide bonds. The first-order valence-electron chi connectivity index (χ1n) is 5.34. The molecule has 0 spiro atoms. The molecule has 0 aliphatic heterocycles. The molecule has 2 rings (SSSR count). The van der Waals surface area contributed by atoms with E-state index in [9.17, 15) is 4.79 Å². The van der Waals surface area contributed by atoms with Crippen molar-refractivity contribution in [1.29, 1.82) is 0 Å². The molecule has 2 aromatic rings. The van der Waals surface area contributed by atoms with E-state index in [0.29, 0.717) is 11.5 Å². The molecule has 0 aliphatic rings. The lowest BCUT2D eigenvalue weighted by atomic mass is 9.93. The first kappa shape index (κ1) is 10.6. The van der Waals surface area contributed by atoms with Crippen molar-refractivity contribution in [3.63, 3.8) is 0 Å². The summed E-state index contributed by atoms with van der Waals surface area (Å²) in [6.45, 7) is 2.16. The van der Waals surface area contributed by atoms with Crippen molar-refractivity contribution in [2.75, 3.05) is 0 Å². The second-order valence-electron chi connectivity index (χ2n) is 3.86. The minimum Gasteiger partial charge on any atom is -0.285 e. The van der Waals surface area contributed by atoms with Crippen molar-refractivity contribution in [3.8, 4) is 0 Å². The van der Waals surface area contributed by atoms with Crippen LogP contribution in [0.15, 0.2) is 54.6 Å². The van der Waals surface area contributed by atoms with Crippen LogP contribution in [0.4, 0.5) is 0 Å². The van der Waals surface area contributed by atoms with Crippen LogP contribution in [0.25, 0.3) is 0 Å². The third-order valence-electron chi connectivity index (χ3n) is 2.83. The van der Waals surface area contributed by atoms with Gasteiger partial charge in [-0.05, 0) is 11.1 Å². The first-order chi connectivity index (χ1) is 7.81. The van der Waals surface area contributed by atoms with Gasteiger partial charge in [0, 0.05) is 11.5 Å². The number of hydrogen-bond donors (Lipinski definition) is 0. The third-order valence-corrected chi connectivity index (χ3v) is 2.83. The third kappa shape index (κ3) is 2.19. The van der Waals surface area contributed by atoms with Gasteiger partial charge in [-0.3, -0.25) is 4.79 Å². The fourth-order valence-electron chi connectivity index (χ4n) is 1.77. The number of rotatable bonds is 3. The fourth-order valence-corrected chi connectivity index (χ4v) is 1.77. The largest absolute Gasteiger partial charge is 0.285 e. The summed E-state index contributed by atoms with van der Waals surface area (Å²) in [6.07, 6.45) is 1.88. The van der Waals surface area contributed by atoms with Crippen molar-refractivity contribution >= 4 is 6.29 Å². The van der Waals surface area contributed by atoms with Crippen LogP contribution in [-0.4, -0.2) is 6.29 Å². The van der Waals surface area contributed by atoms with E-state index in [4.69, 9.17) is 0 Å². The Hall–Kier alpha value is -1.89. The minimum atomic E-state index is 0.349. The summed E-state index contributed by atoms with van der Waals surface area (Å²) in [4.78, 5) is 10.4. The van der Waals surface area contributed by atoms with Gasteiger partial charge in [0.15, 0.2) is 0 Å². The van der Waals surface area contributed by atoms with E-state index < -0.39 is 0 Å². The van der Waals surface area contributed by atoms with Crippen LogP contribution in [0, 0.1) is 0 Å². The zero-order valence-electron chi connectivity index (χ0n) is 9.18. The van der Waals surface area contributed by atoms with Gasteiger partial charge in [0.05, 0.1) is 0 Å². The Morgan fingerprint density at radius 2 is 1.44 bits per heavy atom. The molecule has 0 bridgehead atoms. The van der Waals surface area contributed by atoms with Gasteiger partial charge in [0.25, 0.3) is 0 Å². The maximum Gasteiger partial charge on any atom is 0.233 e. The number of benzene rings is 2. The zero-order valence-corrected chi connectivity index (χ0v) is 9.18. The Bertz CT molecular complexity index is 457. The van der Waals surface area contributed by atoms with E-state index in [-0.39, 0.29) is 0 Å². The average molecular weight is 209 g/mol. The quantitative estimate of drug-likeness (QED) is 0.758. The molecule has 1 atom stereocenters. The summed E-state index contributed by atoms with van der Waals surface area (Å²) in [7, 11) is 0. The van der Waals surface area contributed by atoms with E-state index in [2.05, 4.69) is 19.1 Å². The van der Waals surface area contributed by atoms with E-state index in [1.165, 1.54) is 11.1 Å².